The van der Waals surface area contributed by atoms with Crippen LogP contribution < -0.4 is 0 Å². The molecule has 0 radical (unpaired) electrons. The zero-order valence-electron chi connectivity index (χ0n) is 8.31. The van der Waals surface area contributed by atoms with Crippen molar-refractivity contribution in [1.29, 1.82) is 0 Å². The summed E-state index contributed by atoms with van der Waals surface area (Å²) in [5.74, 6) is -0.810. The van der Waals surface area contributed by atoms with Crippen LogP contribution in [0.2, 0.25) is 0 Å². The van der Waals surface area contributed by atoms with Crippen molar-refractivity contribution in [3.8, 4) is 0 Å². The number of carboxylic acids is 1. The molecule has 0 amide bonds. The van der Waals surface area contributed by atoms with E-state index in [-0.39, 0.29) is 12.5 Å². The Kier molecular flexibility index (Phi) is 3.33. The number of aliphatic carboxylic acids is 1. The summed E-state index contributed by atoms with van der Waals surface area (Å²) in [7, 11) is 0. The largest absolute Gasteiger partial charge is 0.481 e. The molecule has 4 nitrogen and oxygen atoms in total. The molecule has 15 heavy (non-hydrogen) atoms. The molecule has 2 rings (SSSR count). The van der Waals surface area contributed by atoms with Crippen molar-refractivity contribution in [1.82, 2.24) is 4.98 Å². The second-order valence-corrected chi connectivity index (χ2v) is 4.74. The van der Waals surface area contributed by atoms with Gasteiger partial charge in [-0.2, -0.15) is 0 Å². The maximum atomic E-state index is 10.5. The van der Waals surface area contributed by atoms with Gasteiger partial charge < -0.3 is 9.84 Å². The van der Waals surface area contributed by atoms with Gasteiger partial charge in [-0.25, -0.2) is 4.98 Å². The van der Waals surface area contributed by atoms with Gasteiger partial charge in [-0.15, -0.1) is 11.3 Å². The first-order valence-corrected chi connectivity index (χ1v) is 5.85. The smallest absolute Gasteiger partial charge is 0.308 e. The molecule has 1 N–H and O–H groups in total. The number of nitrogens with zero attached hydrogens (tertiary/aromatic N) is 1. The topological polar surface area (TPSA) is 59.4 Å². The average Bonchev–Trinajstić information content (AvgIpc) is 2.67. The molecule has 1 aromatic rings. The van der Waals surface area contributed by atoms with Crippen molar-refractivity contribution in [2.45, 2.75) is 31.8 Å². The number of carboxylic acid groups (broad SMARTS) is 1. The summed E-state index contributed by atoms with van der Waals surface area (Å²) < 4.78 is 5.58. The van der Waals surface area contributed by atoms with Gasteiger partial charge in [0.15, 0.2) is 0 Å². The molecule has 1 atom stereocenters. The third kappa shape index (κ3) is 2.76. The Bertz CT molecular complexity index is 344. The molecule has 2 heterocycles. The molecule has 0 aromatic carbocycles. The van der Waals surface area contributed by atoms with E-state index in [0.29, 0.717) is 0 Å². The Hall–Kier alpha value is -0.940. The molecule has 1 fully saturated rings. The zero-order chi connectivity index (χ0) is 10.7. The highest BCUT2D eigenvalue weighted by molar-refractivity contribution is 7.11. The lowest BCUT2D eigenvalue weighted by Gasteiger charge is -2.20. The standard InChI is InChI=1S/C10H13NO3S/c12-9(13)5-7-6-11-10(15-7)8-3-1-2-4-14-8/h6,8H,1-5H2,(H,12,13). The molecule has 0 spiro atoms. The number of hydrogen-bond donors (Lipinski definition) is 1. The summed E-state index contributed by atoms with van der Waals surface area (Å²) in [6, 6.07) is 0. The van der Waals surface area contributed by atoms with Crippen LogP contribution in [0.25, 0.3) is 0 Å². The minimum absolute atomic E-state index is 0.0599. The van der Waals surface area contributed by atoms with Crippen molar-refractivity contribution in [3.63, 3.8) is 0 Å². The summed E-state index contributed by atoms with van der Waals surface area (Å²) in [6.07, 6.45) is 5.07. The van der Waals surface area contributed by atoms with Gasteiger partial charge in [-0.1, -0.05) is 0 Å². The highest BCUT2D eigenvalue weighted by Gasteiger charge is 2.19. The van der Waals surface area contributed by atoms with Gasteiger partial charge in [0.2, 0.25) is 0 Å². The van der Waals surface area contributed by atoms with Crippen LogP contribution in [0.15, 0.2) is 6.20 Å². The Morgan fingerprint density at radius 3 is 3.20 bits per heavy atom. The second-order valence-electron chi connectivity index (χ2n) is 3.59. The molecule has 1 aliphatic rings. The second kappa shape index (κ2) is 4.72. The van der Waals surface area contributed by atoms with Crippen LogP contribution in [0, 0.1) is 0 Å². The van der Waals surface area contributed by atoms with Crippen molar-refractivity contribution in [2.75, 3.05) is 6.61 Å². The first-order chi connectivity index (χ1) is 7.25. The first-order valence-electron chi connectivity index (χ1n) is 5.03. The van der Waals surface area contributed by atoms with Gasteiger partial charge in [0.1, 0.15) is 11.1 Å². The van der Waals surface area contributed by atoms with Gasteiger partial charge in [0.05, 0.1) is 6.42 Å². The fraction of sp³-hybridized carbons (Fsp3) is 0.600. The highest BCUT2D eigenvalue weighted by Crippen LogP contribution is 2.30. The molecular formula is C10H13NO3S. The van der Waals surface area contributed by atoms with E-state index in [1.165, 1.54) is 17.8 Å². The van der Waals surface area contributed by atoms with Gasteiger partial charge in [0.25, 0.3) is 0 Å². The van der Waals surface area contributed by atoms with E-state index in [9.17, 15) is 4.79 Å². The summed E-state index contributed by atoms with van der Waals surface area (Å²) in [5, 5.41) is 9.56. The maximum absolute atomic E-state index is 10.5. The lowest BCUT2D eigenvalue weighted by molar-refractivity contribution is -0.136. The molecule has 1 aromatic heterocycles. The Balaban J connectivity index is 2.02. The normalized spacial score (nSPS) is 21.5. The van der Waals surface area contributed by atoms with Crippen LogP contribution in [-0.4, -0.2) is 22.7 Å². The Labute approximate surface area is 91.9 Å². The van der Waals surface area contributed by atoms with E-state index >= 15 is 0 Å². The van der Waals surface area contributed by atoms with Crippen molar-refractivity contribution < 1.29 is 14.6 Å². The fourth-order valence-corrected chi connectivity index (χ4v) is 2.63. The van der Waals surface area contributed by atoms with Crippen LogP contribution in [0.1, 0.15) is 35.3 Å². The van der Waals surface area contributed by atoms with E-state index in [1.54, 1.807) is 6.20 Å². The highest BCUT2D eigenvalue weighted by atomic mass is 32.1. The monoisotopic (exact) mass is 227 g/mol. The van der Waals surface area contributed by atoms with Crippen LogP contribution in [0.3, 0.4) is 0 Å². The molecule has 82 valence electrons. The molecular weight excluding hydrogens is 214 g/mol. The van der Waals surface area contributed by atoms with E-state index in [2.05, 4.69) is 4.98 Å². The fourth-order valence-electron chi connectivity index (χ4n) is 1.64. The molecule has 5 heteroatoms. The Morgan fingerprint density at radius 1 is 1.67 bits per heavy atom. The number of rotatable bonds is 3. The number of hydrogen-bond acceptors (Lipinski definition) is 4. The van der Waals surface area contributed by atoms with Crippen LogP contribution in [0.4, 0.5) is 0 Å². The summed E-state index contributed by atoms with van der Waals surface area (Å²) >= 11 is 1.45. The number of ether oxygens (including phenoxy) is 1. The van der Waals surface area contributed by atoms with Crippen molar-refractivity contribution in [3.05, 3.63) is 16.1 Å². The lowest BCUT2D eigenvalue weighted by atomic mass is 10.1. The van der Waals surface area contributed by atoms with Crippen LogP contribution in [-0.2, 0) is 16.0 Å². The quantitative estimate of drug-likeness (QED) is 0.858. The molecule has 1 saturated heterocycles. The minimum atomic E-state index is -0.810. The summed E-state index contributed by atoms with van der Waals surface area (Å²) in [6.45, 7) is 0.790. The van der Waals surface area contributed by atoms with E-state index < -0.39 is 5.97 Å². The summed E-state index contributed by atoms with van der Waals surface area (Å²) in [4.78, 5) is 15.5. The van der Waals surface area contributed by atoms with Crippen molar-refractivity contribution >= 4 is 17.3 Å². The van der Waals surface area contributed by atoms with Gasteiger partial charge in [-0.3, -0.25) is 4.79 Å². The van der Waals surface area contributed by atoms with Crippen molar-refractivity contribution in [2.24, 2.45) is 0 Å². The number of thiazole rings is 1. The number of carbonyl (C=O) groups is 1. The van der Waals surface area contributed by atoms with Crippen LogP contribution in [0.5, 0.6) is 0 Å². The third-order valence-corrected chi connectivity index (χ3v) is 3.44. The third-order valence-electron chi connectivity index (χ3n) is 2.35. The van der Waals surface area contributed by atoms with Crippen LogP contribution >= 0.6 is 11.3 Å². The molecule has 1 unspecified atom stereocenters. The number of aromatic nitrogens is 1. The van der Waals surface area contributed by atoms with Gasteiger partial charge in [0, 0.05) is 17.7 Å². The minimum Gasteiger partial charge on any atom is -0.481 e. The molecule has 0 bridgehead atoms. The van der Waals surface area contributed by atoms with E-state index in [4.69, 9.17) is 9.84 Å². The molecule has 1 aliphatic heterocycles. The van der Waals surface area contributed by atoms with E-state index in [0.717, 1.165) is 29.3 Å². The summed E-state index contributed by atoms with van der Waals surface area (Å²) in [5.41, 5.74) is 0. The first kappa shape index (κ1) is 10.6. The average molecular weight is 227 g/mol. The molecule has 0 saturated carbocycles. The van der Waals surface area contributed by atoms with Gasteiger partial charge in [-0.05, 0) is 19.3 Å². The SMILES string of the molecule is O=C(O)Cc1cnc(C2CCCCO2)s1. The zero-order valence-corrected chi connectivity index (χ0v) is 9.13. The lowest BCUT2D eigenvalue weighted by Crippen LogP contribution is -2.10. The Morgan fingerprint density at radius 2 is 2.53 bits per heavy atom. The predicted octanol–water partition coefficient (Wildman–Crippen LogP) is 2.01. The predicted molar refractivity (Wildman–Crippen MR) is 56.0 cm³/mol. The molecule has 0 aliphatic carbocycles. The van der Waals surface area contributed by atoms with Gasteiger partial charge >= 0.3 is 5.97 Å². The maximum Gasteiger partial charge on any atom is 0.308 e. The van der Waals surface area contributed by atoms with E-state index in [1.807, 2.05) is 0 Å².